The molecule has 2 saturated heterocycles. The van der Waals surface area contributed by atoms with Crippen LogP contribution in [0.4, 0.5) is 0 Å². The summed E-state index contributed by atoms with van der Waals surface area (Å²) < 4.78 is 0. The molecule has 0 radical (unpaired) electrons. The van der Waals surface area contributed by atoms with Crippen molar-refractivity contribution in [2.75, 3.05) is 0 Å². The maximum Gasteiger partial charge on any atom is 0.120 e. The van der Waals surface area contributed by atoms with Crippen molar-refractivity contribution in [2.45, 2.75) is 44.3 Å². The van der Waals surface area contributed by atoms with Crippen LogP contribution in [0.25, 0.3) is 0 Å². The van der Waals surface area contributed by atoms with Gasteiger partial charge in [0.25, 0.3) is 0 Å². The van der Waals surface area contributed by atoms with Crippen molar-refractivity contribution < 1.29 is 4.79 Å². The number of hydrogen-bond acceptors (Lipinski definition) is 2. The molecule has 2 nitrogen and oxygen atoms in total. The highest BCUT2D eigenvalue weighted by Crippen LogP contribution is 2.43. The Hall–Kier alpha value is -1.15. The van der Waals surface area contributed by atoms with Crippen LogP contribution in [0.1, 0.15) is 31.2 Å². The molecule has 2 aliphatic heterocycles. The Balaban J connectivity index is 1.71. The van der Waals surface area contributed by atoms with Gasteiger partial charge in [0.1, 0.15) is 6.29 Å². The Bertz CT molecular complexity index is 389. The van der Waals surface area contributed by atoms with Gasteiger partial charge in [-0.25, -0.2) is 0 Å². The maximum atomic E-state index is 10.7. The topological polar surface area (TPSA) is 20.3 Å². The van der Waals surface area contributed by atoms with E-state index in [0.29, 0.717) is 12.0 Å². The van der Waals surface area contributed by atoms with E-state index in [1.807, 2.05) is 0 Å². The van der Waals surface area contributed by atoms with Crippen LogP contribution < -0.4 is 0 Å². The first-order valence-electron chi connectivity index (χ1n) is 6.62. The Labute approximate surface area is 103 Å². The molecule has 2 bridgehead atoms. The molecule has 0 amide bonds. The Morgan fingerprint density at radius 2 is 2.06 bits per heavy atom. The van der Waals surface area contributed by atoms with Crippen molar-refractivity contribution in [3.05, 3.63) is 35.9 Å². The first-order chi connectivity index (χ1) is 8.38. The maximum absolute atomic E-state index is 10.7. The van der Waals surface area contributed by atoms with Gasteiger partial charge in [-0.05, 0) is 30.7 Å². The molecule has 2 heteroatoms. The van der Waals surface area contributed by atoms with E-state index in [2.05, 4.69) is 35.2 Å². The molecule has 2 heterocycles. The van der Waals surface area contributed by atoms with Gasteiger partial charge in [0.05, 0.1) is 0 Å². The number of hydrogen-bond donors (Lipinski definition) is 0. The van der Waals surface area contributed by atoms with Crippen LogP contribution in [0.2, 0.25) is 0 Å². The van der Waals surface area contributed by atoms with E-state index in [9.17, 15) is 4.79 Å². The highest BCUT2D eigenvalue weighted by molar-refractivity contribution is 5.50. The Kier molecular flexibility index (Phi) is 2.98. The zero-order valence-electron chi connectivity index (χ0n) is 10.1. The van der Waals surface area contributed by atoms with Crippen LogP contribution in [-0.2, 0) is 11.3 Å². The molecule has 1 aromatic rings. The SMILES string of the molecule is O=CC[C@H]1C[C@@H]2CC[C@H]1N2Cc1ccccc1. The minimum Gasteiger partial charge on any atom is -0.303 e. The fraction of sp³-hybridized carbons (Fsp3) is 0.533. The fourth-order valence-electron chi connectivity index (χ4n) is 3.65. The summed E-state index contributed by atoms with van der Waals surface area (Å²) in [5.74, 6) is 0.620. The number of carbonyl (C=O) groups excluding carboxylic acids is 1. The quantitative estimate of drug-likeness (QED) is 0.740. The first kappa shape index (κ1) is 11.0. The molecule has 0 aromatic heterocycles. The minimum absolute atomic E-state index is 0.620. The third-order valence-electron chi connectivity index (χ3n) is 4.42. The highest BCUT2D eigenvalue weighted by Gasteiger charge is 2.45. The van der Waals surface area contributed by atoms with Gasteiger partial charge in [0.2, 0.25) is 0 Å². The molecule has 2 aliphatic rings. The zero-order chi connectivity index (χ0) is 11.7. The summed E-state index contributed by atoms with van der Waals surface area (Å²) in [6.07, 6.45) is 5.71. The predicted molar refractivity (Wildman–Crippen MR) is 67.6 cm³/mol. The van der Waals surface area contributed by atoms with Gasteiger partial charge in [-0.3, -0.25) is 4.90 Å². The number of nitrogens with zero attached hydrogens (tertiary/aromatic N) is 1. The van der Waals surface area contributed by atoms with Crippen molar-refractivity contribution in [1.29, 1.82) is 0 Å². The summed E-state index contributed by atoms with van der Waals surface area (Å²) in [7, 11) is 0. The molecule has 0 N–H and O–H groups in total. The molecule has 17 heavy (non-hydrogen) atoms. The van der Waals surface area contributed by atoms with Gasteiger partial charge in [-0.2, -0.15) is 0 Å². The van der Waals surface area contributed by atoms with Crippen molar-refractivity contribution in [3.8, 4) is 0 Å². The van der Waals surface area contributed by atoms with Gasteiger partial charge in [-0.1, -0.05) is 30.3 Å². The lowest BCUT2D eigenvalue weighted by Crippen LogP contribution is -2.29. The third-order valence-corrected chi connectivity index (χ3v) is 4.42. The predicted octanol–water partition coefficient (Wildman–Crippen LogP) is 2.63. The second kappa shape index (κ2) is 4.61. The summed E-state index contributed by atoms with van der Waals surface area (Å²) in [6, 6.07) is 12.1. The van der Waals surface area contributed by atoms with Crippen LogP contribution in [0.3, 0.4) is 0 Å². The van der Waals surface area contributed by atoms with Crippen LogP contribution in [0, 0.1) is 5.92 Å². The zero-order valence-corrected chi connectivity index (χ0v) is 10.1. The van der Waals surface area contributed by atoms with Gasteiger partial charge >= 0.3 is 0 Å². The van der Waals surface area contributed by atoms with E-state index in [4.69, 9.17) is 0 Å². The smallest absolute Gasteiger partial charge is 0.120 e. The molecule has 1 aromatic carbocycles. The molecule has 0 aliphatic carbocycles. The standard InChI is InChI=1S/C15H19NO/c17-9-8-13-10-14-6-7-15(13)16(14)11-12-4-2-1-3-5-12/h1-5,9,13-15H,6-8,10-11H2/t13-,14-,15+/m0/s1. The van der Waals surface area contributed by atoms with Crippen LogP contribution in [0.5, 0.6) is 0 Å². The second-order valence-corrected chi connectivity index (χ2v) is 5.35. The summed E-state index contributed by atoms with van der Waals surface area (Å²) >= 11 is 0. The lowest BCUT2D eigenvalue weighted by atomic mass is 9.87. The van der Waals surface area contributed by atoms with E-state index in [0.717, 1.165) is 25.3 Å². The third kappa shape index (κ3) is 2.02. The van der Waals surface area contributed by atoms with Gasteiger partial charge in [0, 0.05) is 25.0 Å². The van der Waals surface area contributed by atoms with Gasteiger partial charge < -0.3 is 4.79 Å². The molecule has 3 rings (SSSR count). The van der Waals surface area contributed by atoms with Crippen molar-refractivity contribution in [2.24, 2.45) is 5.92 Å². The molecular formula is C15H19NO. The summed E-state index contributed by atoms with van der Waals surface area (Å²) in [5, 5.41) is 0. The average molecular weight is 229 g/mol. The lowest BCUT2D eigenvalue weighted by Gasteiger charge is -2.23. The summed E-state index contributed by atoms with van der Waals surface area (Å²) in [4.78, 5) is 13.3. The van der Waals surface area contributed by atoms with E-state index in [1.165, 1.54) is 24.8 Å². The van der Waals surface area contributed by atoms with E-state index >= 15 is 0 Å². The summed E-state index contributed by atoms with van der Waals surface area (Å²) in [5.41, 5.74) is 1.40. The minimum atomic E-state index is 0.620. The number of rotatable bonds is 4. The molecule has 2 fully saturated rings. The Morgan fingerprint density at radius 3 is 2.82 bits per heavy atom. The summed E-state index contributed by atoms with van der Waals surface area (Å²) in [6.45, 7) is 1.06. The Morgan fingerprint density at radius 1 is 1.24 bits per heavy atom. The lowest BCUT2D eigenvalue weighted by molar-refractivity contribution is -0.108. The molecular weight excluding hydrogens is 210 g/mol. The second-order valence-electron chi connectivity index (χ2n) is 5.35. The van der Waals surface area contributed by atoms with Crippen LogP contribution in [0.15, 0.2) is 30.3 Å². The van der Waals surface area contributed by atoms with Crippen molar-refractivity contribution in [1.82, 2.24) is 4.90 Å². The highest BCUT2D eigenvalue weighted by atomic mass is 16.1. The monoisotopic (exact) mass is 229 g/mol. The molecule has 3 atom stereocenters. The van der Waals surface area contributed by atoms with E-state index < -0.39 is 0 Å². The fourth-order valence-corrected chi connectivity index (χ4v) is 3.65. The number of fused-ring (bicyclic) bond motifs is 2. The van der Waals surface area contributed by atoms with Gasteiger partial charge in [-0.15, -0.1) is 0 Å². The molecule has 90 valence electrons. The number of benzene rings is 1. The van der Waals surface area contributed by atoms with Crippen molar-refractivity contribution >= 4 is 6.29 Å². The largest absolute Gasteiger partial charge is 0.303 e. The average Bonchev–Trinajstić information content (AvgIpc) is 2.88. The van der Waals surface area contributed by atoms with Crippen LogP contribution >= 0.6 is 0 Å². The molecule has 0 saturated carbocycles. The van der Waals surface area contributed by atoms with E-state index in [1.54, 1.807) is 0 Å². The first-order valence-corrected chi connectivity index (χ1v) is 6.62. The van der Waals surface area contributed by atoms with Gasteiger partial charge in [0.15, 0.2) is 0 Å². The van der Waals surface area contributed by atoms with E-state index in [-0.39, 0.29) is 0 Å². The van der Waals surface area contributed by atoms with Crippen LogP contribution in [-0.4, -0.2) is 23.3 Å². The molecule has 0 spiro atoms. The molecule has 0 unspecified atom stereocenters. The number of aldehydes is 1. The number of carbonyl (C=O) groups is 1. The van der Waals surface area contributed by atoms with Crippen molar-refractivity contribution in [3.63, 3.8) is 0 Å². The normalized spacial score (nSPS) is 31.9.